The van der Waals surface area contributed by atoms with Gasteiger partial charge in [-0.25, -0.2) is 4.39 Å². The summed E-state index contributed by atoms with van der Waals surface area (Å²) in [6.07, 6.45) is 0. The van der Waals surface area contributed by atoms with Crippen molar-refractivity contribution in [3.63, 3.8) is 0 Å². The van der Waals surface area contributed by atoms with Crippen molar-refractivity contribution in [3.05, 3.63) is 29.0 Å². The molecule has 0 aliphatic carbocycles. The van der Waals surface area contributed by atoms with Gasteiger partial charge in [0.25, 0.3) is 0 Å². The van der Waals surface area contributed by atoms with Crippen molar-refractivity contribution < 1.29 is 4.39 Å². The molecular formula is C9H10ClFN2. The zero-order chi connectivity index (χ0) is 9.84. The first-order chi connectivity index (χ1) is 6.09. The lowest BCUT2D eigenvalue weighted by atomic mass is 10.3. The van der Waals surface area contributed by atoms with Gasteiger partial charge in [-0.05, 0) is 32.0 Å². The van der Waals surface area contributed by atoms with Crippen LogP contribution in [0.2, 0.25) is 5.02 Å². The highest BCUT2D eigenvalue weighted by atomic mass is 35.5. The largest absolute Gasteiger partial charge is 0.276 e. The first kappa shape index (κ1) is 9.99. The van der Waals surface area contributed by atoms with E-state index >= 15 is 0 Å². The number of benzene rings is 1. The maximum Gasteiger partial charge on any atom is 0.149 e. The number of nitrogens with one attached hydrogen (secondary N) is 1. The lowest BCUT2D eigenvalue weighted by Gasteiger charge is -2.02. The molecule has 0 aromatic heterocycles. The summed E-state index contributed by atoms with van der Waals surface area (Å²) in [5, 5.41) is 4.24. The lowest BCUT2D eigenvalue weighted by molar-refractivity contribution is 0.631. The van der Waals surface area contributed by atoms with Gasteiger partial charge in [-0.15, -0.1) is 0 Å². The fourth-order valence-electron chi connectivity index (χ4n) is 0.752. The van der Waals surface area contributed by atoms with E-state index in [1.54, 1.807) is 12.1 Å². The second-order valence-corrected chi connectivity index (χ2v) is 3.23. The Hall–Kier alpha value is -1.09. The normalized spacial score (nSPS) is 9.54. The predicted octanol–water partition coefficient (Wildman–Crippen LogP) is 3.29. The van der Waals surface area contributed by atoms with Gasteiger partial charge in [0, 0.05) is 10.7 Å². The Morgan fingerprint density at radius 2 is 2.15 bits per heavy atom. The van der Waals surface area contributed by atoms with Gasteiger partial charge >= 0.3 is 0 Å². The van der Waals surface area contributed by atoms with Crippen LogP contribution in [0.4, 0.5) is 10.1 Å². The molecule has 0 spiro atoms. The van der Waals surface area contributed by atoms with E-state index < -0.39 is 5.82 Å². The van der Waals surface area contributed by atoms with Crippen LogP contribution in [0.3, 0.4) is 0 Å². The average molecular weight is 201 g/mol. The third-order valence-corrected chi connectivity index (χ3v) is 1.57. The van der Waals surface area contributed by atoms with Crippen molar-refractivity contribution >= 4 is 23.0 Å². The highest BCUT2D eigenvalue weighted by Gasteiger charge is 2.00. The molecular weight excluding hydrogens is 191 g/mol. The minimum atomic E-state index is -0.405. The molecule has 0 saturated heterocycles. The topological polar surface area (TPSA) is 24.4 Å². The minimum Gasteiger partial charge on any atom is -0.276 e. The lowest BCUT2D eigenvalue weighted by Crippen LogP contribution is -1.95. The van der Waals surface area contributed by atoms with E-state index in [4.69, 9.17) is 11.6 Å². The molecule has 0 aliphatic rings. The zero-order valence-corrected chi connectivity index (χ0v) is 8.19. The van der Waals surface area contributed by atoms with Gasteiger partial charge in [-0.1, -0.05) is 11.6 Å². The molecule has 0 bridgehead atoms. The van der Waals surface area contributed by atoms with E-state index in [1.807, 2.05) is 13.8 Å². The second kappa shape index (κ2) is 4.23. The molecule has 0 unspecified atom stereocenters. The third-order valence-electron chi connectivity index (χ3n) is 1.33. The Morgan fingerprint density at radius 1 is 1.46 bits per heavy atom. The highest BCUT2D eigenvalue weighted by molar-refractivity contribution is 6.30. The van der Waals surface area contributed by atoms with Crippen molar-refractivity contribution in [2.75, 3.05) is 5.43 Å². The standard InChI is InChI=1S/C9H10ClFN2/c1-6(2)12-13-9-4-3-7(10)5-8(9)11/h3-5,13H,1-2H3. The summed E-state index contributed by atoms with van der Waals surface area (Å²) in [6, 6.07) is 4.39. The molecule has 1 aromatic carbocycles. The van der Waals surface area contributed by atoms with E-state index in [0.29, 0.717) is 10.7 Å². The number of anilines is 1. The quantitative estimate of drug-likeness (QED) is 0.575. The average Bonchev–Trinajstić information content (AvgIpc) is 2.02. The van der Waals surface area contributed by atoms with Crippen LogP contribution >= 0.6 is 11.6 Å². The molecule has 1 rings (SSSR count). The van der Waals surface area contributed by atoms with Gasteiger partial charge in [0.1, 0.15) is 5.82 Å². The molecule has 2 nitrogen and oxygen atoms in total. The minimum absolute atomic E-state index is 0.325. The molecule has 1 N–H and O–H groups in total. The Labute approximate surface area is 81.4 Å². The molecule has 0 fully saturated rings. The van der Waals surface area contributed by atoms with Crippen LogP contribution in [-0.2, 0) is 0 Å². The molecule has 0 radical (unpaired) electrons. The van der Waals surface area contributed by atoms with Crippen molar-refractivity contribution in [2.45, 2.75) is 13.8 Å². The van der Waals surface area contributed by atoms with Gasteiger partial charge in [-0.3, -0.25) is 5.43 Å². The number of rotatable bonds is 2. The number of hydrogen-bond donors (Lipinski definition) is 1. The number of nitrogens with zero attached hydrogens (tertiary/aromatic N) is 1. The maximum absolute atomic E-state index is 13.1. The van der Waals surface area contributed by atoms with Crippen LogP contribution in [0.5, 0.6) is 0 Å². The fraction of sp³-hybridized carbons (Fsp3) is 0.222. The molecule has 13 heavy (non-hydrogen) atoms. The van der Waals surface area contributed by atoms with E-state index in [2.05, 4.69) is 10.5 Å². The molecule has 4 heteroatoms. The third kappa shape index (κ3) is 3.03. The van der Waals surface area contributed by atoms with Gasteiger partial charge in [0.05, 0.1) is 5.69 Å². The fourth-order valence-corrected chi connectivity index (χ4v) is 0.911. The predicted molar refractivity (Wildman–Crippen MR) is 53.8 cm³/mol. The zero-order valence-electron chi connectivity index (χ0n) is 7.44. The van der Waals surface area contributed by atoms with Gasteiger partial charge in [-0.2, -0.15) is 5.10 Å². The Bertz CT molecular complexity index is 332. The molecule has 0 aliphatic heterocycles. The summed E-state index contributed by atoms with van der Waals surface area (Å²) in [5.74, 6) is -0.405. The van der Waals surface area contributed by atoms with E-state index in [1.165, 1.54) is 6.07 Å². The molecule has 0 saturated carbocycles. The summed E-state index contributed by atoms with van der Waals surface area (Å²) in [7, 11) is 0. The molecule has 70 valence electrons. The van der Waals surface area contributed by atoms with Crippen molar-refractivity contribution in [3.8, 4) is 0 Å². The van der Waals surface area contributed by atoms with Gasteiger partial charge in [0.2, 0.25) is 0 Å². The van der Waals surface area contributed by atoms with Crippen LogP contribution in [0.1, 0.15) is 13.8 Å². The highest BCUT2D eigenvalue weighted by Crippen LogP contribution is 2.18. The SMILES string of the molecule is CC(C)=NNc1ccc(Cl)cc1F. The van der Waals surface area contributed by atoms with E-state index in [0.717, 1.165) is 5.71 Å². The summed E-state index contributed by atoms with van der Waals surface area (Å²) in [5.41, 5.74) is 3.75. The second-order valence-electron chi connectivity index (χ2n) is 2.79. The smallest absolute Gasteiger partial charge is 0.149 e. The molecule has 0 amide bonds. The van der Waals surface area contributed by atoms with Crippen LogP contribution in [0.25, 0.3) is 0 Å². The van der Waals surface area contributed by atoms with Crippen LogP contribution in [0, 0.1) is 5.82 Å². The van der Waals surface area contributed by atoms with Gasteiger partial charge < -0.3 is 0 Å². The molecule has 1 aromatic rings. The van der Waals surface area contributed by atoms with Crippen LogP contribution < -0.4 is 5.43 Å². The van der Waals surface area contributed by atoms with Crippen molar-refractivity contribution in [1.82, 2.24) is 0 Å². The van der Waals surface area contributed by atoms with Crippen molar-refractivity contribution in [2.24, 2.45) is 5.10 Å². The van der Waals surface area contributed by atoms with Crippen LogP contribution in [0.15, 0.2) is 23.3 Å². The Morgan fingerprint density at radius 3 is 2.69 bits per heavy atom. The summed E-state index contributed by atoms with van der Waals surface area (Å²) >= 11 is 5.58. The number of hydrogen-bond acceptors (Lipinski definition) is 2. The van der Waals surface area contributed by atoms with E-state index in [9.17, 15) is 4.39 Å². The number of hydrazone groups is 1. The van der Waals surface area contributed by atoms with E-state index in [-0.39, 0.29) is 0 Å². The van der Waals surface area contributed by atoms with Crippen LogP contribution in [-0.4, -0.2) is 5.71 Å². The molecule has 0 heterocycles. The maximum atomic E-state index is 13.1. The summed E-state index contributed by atoms with van der Waals surface area (Å²) < 4.78 is 13.1. The first-order valence-corrected chi connectivity index (χ1v) is 4.19. The van der Waals surface area contributed by atoms with Crippen molar-refractivity contribution in [1.29, 1.82) is 0 Å². The molecule has 0 atom stereocenters. The Kier molecular flexibility index (Phi) is 3.25. The monoisotopic (exact) mass is 200 g/mol. The Balaban J connectivity index is 2.84. The summed E-state index contributed by atoms with van der Waals surface area (Å²) in [6.45, 7) is 3.64. The summed E-state index contributed by atoms with van der Waals surface area (Å²) in [4.78, 5) is 0. The van der Waals surface area contributed by atoms with Gasteiger partial charge in [0.15, 0.2) is 0 Å². The number of halogens is 2. The first-order valence-electron chi connectivity index (χ1n) is 3.81.